The summed E-state index contributed by atoms with van der Waals surface area (Å²) in [7, 11) is 0. The largest absolute Gasteiger partial charge is 0.504 e. The molecular weight excluding hydrogens is 374 g/mol. The van der Waals surface area contributed by atoms with E-state index in [-0.39, 0.29) is 16.9 Å². The first-order chi connectivity index (χ1) is 13.9. The molecule has 0 spiro atoms. The summed E-state index contributed by atoms with van der Waals surface area (Å²) < 4.78 is 29.9. The average Bonchev–Trinajstić information content (AvgIpc) is 2.70. The van der Waals surface area contributed by atoms with Gasteiger partial charge in [0.1, 0.15) is 11.6 Å². The zero-order valence-electron chi connectivity index (χ0n) is 16.7. The Labute approximate surface area is 168 Å². The van der Waals surface area contributed by atoms with Crippen LogP contribution in [0.4, 0.5) is 8.78 Å². The van der Waals surface area contributed by atoms with Crippen LogP contribution in [0, 0.1) is 11.6 Å². The smallest absolute Gasteiger partial charge is 0.257 e. The van der Waals surface area contributed by atoms with Gasteiger partial charge in [0.25, 0.3) is 5.56 Å². The van der Waals surface area contributed by atoms with Crippen LogP contribution in [0.2, 0.25) is 0 Å². The molecule has 1 N–H and O–H groups in total. The minimum absolute atomic E-state index is 0.102. The van der Waals surface area contributed by atoms with Crippen LogP contribution in [-0.4, -0.2) is 14.7 Å². The molecule has 4 nitrogen and oxygen atoms in total. The van der Waals surface area contributed by atoms with Crippen LogP contribution in [0.25, 0.3) is 11.4 Å². The molecule has 0 aliphatic heterocycles. The van der Waals surface area contributed by atoms with Gasteiger partial charge in [-0.3, -0.25) is 9.36 Å². The molecule has 0 aliphatic carbocycles. The third-order valence-corrected chi connectivity index (χ3v) is 5.11. The van der Waals surface area contributed by atoms with Crippen molar-refractivity contribution < 1.29 is 13.9 Å². The minimum Gasteiger partial charge on any atom is -0.504 e. The molecule has 3 rings (SSSR count). The van der Waals surface area contributed by atoms with Gasteiger partial charge in [0.2, 0.25) is 0 Å². The van der Waals surface area contributed by atoms with Crippen molar-refractivity contribution in [2.75, 3.05) is 0 Å². The van der Waals surface area contributed by atoms with E-state index in [4.69, 9.17) is 0 Å². The zero-order valence-corrected chi connectivity index (χ0v) is 16.7. The lowest BCUT2D eigenvalue weighted by Gasteiger charge is -2.23. The summed E-state index contributed by atoms with van der Waals surface area (Å²) in [5.74, 6) is -1.71. The minimum atomic E-state index is -0.807. The number of aryl methyl sites for hydroxylation is 1. The molecule has 1 unspecified atom stereocenters. The van der Waals surface area contributed by atoms with E-state index in [2.05, 4.69) is 4.98 Å². The highest BCUT2D eigenvalue weighted by Crippen LogP contribution is 2.33. The van der Waals surface area contributed by atoms with E-state index in [1.807, 2.05) is 13.8 Å². The molecule has 0 saturated heterocycles. The quantitative estimate of drug-likeness (QED) is 0.634. The predicted octanol–water partition coefficient (Wildman–Crippen LogP) is 5.02. The van der Waals surface area contributed by atoms with Crippen LogP contribution >= 0.6 is 0 Å². The lowest BCUT2D eigenvalue weighted by atomic mass is 10.0. The normalized spacial score (nSPS) is 12.2. The summed E-state index contributed by atoms with van der Waals surface area (Å²) in [6, 6.07) is 9.59. The van der Waals surface area contributed by atoms with Crippen molar-refractivity contribution in [3.63, 3.8) is 0 Å². The number of halogens is 2. The van der Waals surface area contributed by atoms with Crippen molar-refractivity contribution in [3.8, 4) is 17.1 Å². The Morgan fingerprint density at radius 1 is 1.07 bits per heavy atom. The summed E-state index contributed by atoms with van der Waals surface area (Å²) >= 11 is 0. The Morgan fingerprint density at radius 3 is 2.41 bits per heavy atom. The fourth-order valence-electron chi connectivity index (χ4n) is 3.61. The molecule has 3 aromatic rings. The van der Waals surface area contributed by atoms with E-state index in [1.165, 1.54) is 22.8 Å². The van der Waals surface area contributed by atoms with Gasteiger partial charge in [0, 0.05) is 11.1 Å². The van der Waals surface area contributed by atoms with E-state index in [1.54, 1.807) is 25.1 Å². The van der Waals surface area contributed by atoms with Gasteiger partial charge in [-0.25, -0.2) is 13.8 Å². The lowest BCUT2D eigenvalue weighted by molar-refractivity contribution is 0.433. The second-order valence-electron chi connectivity index (χ2n) is 6.97. The highest BCUT2D eigenvalue weighted by Gasteiger charge is 2.24. The van der Waals surface area contributed by atoms with Crippen molar-refractivity contribution in [2.24, 2.45) is 0 Å². The number of hydrogen-bond acceptors (Lipinski definition) is 3. The van der Waals surface area contributed by atoms with Crippen molar-refractivity contribution >= 4 is 0 Å². The highest BCUT2D eigenvalue weighted by atomic mass is 19.1. The third kappa shape index (κ3) is 3.79. The molecule has 1 aromatic heterocycles. The fourth-order valence-corrected chi connectivity index (χ4v) is 3.61. The maximum Gasteiger partial charge on any atom is 0.257 e. The second-order valence-corrected chi connectivity index (χ2v) is 6.97. The van der Waals surface area contributed by atoms with Crippen molar-refractivity contribution in [1.29, 1.82) is 0 Å². The van der Waals surface area contributed by atoms with E-state index < -0.39 is 23.4 Å². The molecule has 0 fully saturated rings. The summed E-state index contributed by atoms with van der Waals surface area (Å²) in [5.41, 5.74) is 1.29. The van der Waals surface area contributed by atoms with Crippen LogP contribution in [0.1, 0.15) is 50.1 Å². The van der Waals surface area contributed by atoms with Gasteiger partial charge in [-0.15, -0.1) is 0 Å². The molecular formula is C23H24F2N2O2. The number of benzene rings is 2. The molecule has 29 heavy (non-hydrogen) atoms. The standard InChI is InChI=1S/C23H24F2N2O2/c1-4-9-20-15(5-2)23(29)27(14(3)16-10-6-7-12-18(16)24)22(26-20)17-11-8-13-19(25)21(17)28/h6-8,10-14,28H,4-5,9H2,1-3H3. The van der Waals surface area contributed by atoms with Gasteiger partial charge >= 0.3 is 0 Å². The fraction of sp³-hybridized carbons (Fsp3) is 0.304. The van der Waals surface area contributed by atoms with Crippen molar-refractivity contribution in [2.45, 2.75) is 46.1 Å². The maximum absolute atomic E-state index is 14.5. The molecule has 152 valence electrons. The molecule has 6 heteroatoms. The highest BCUT2D eigenvalue weighted by molar-refractivity contribution is 5.65. The Morgan fingerprint density at radius 2 is 1.76 bits per heavy atom. The van der Waals surface area contributed by atoms with Crippen molar-refractivity contribution in [3.05, 3.63) is 81.3 Å². The number of nitrogens with zero attached hydrogens (tertiary/aromatic N) is 2. The number of phenolic OH excluding ortho intramolecular Hbond substituents is 1. The Bertz CT molecular complexity index is 1090. The predicted molar refractivity (Wildman–Crippen MR) is 109 cm³/mol. The number of aromatic nitrogens is 2. The lowest BCUT2D eigenvalue weighted by Crippen LogP contribution is -2.31. The van der Waals surface area contributed by atoms with Gasteiger partial charge in [-0.2, -0.15) is 0 Å². The van der Waals surface area contributed by atoms with E-state index >= 15 is 0 Å². The first kappa shape index (κ1) is 20.7. The molecule has 2 aromatic carbocycles. The summed E-state index contributed by atoms with van der Waals surface area (Å²) in [5, 5.41) is 10.3. The number of rotatable bonds is 6. The first-order valence-corrected chi connectivity index (χ1v) is 9.77. The first-order valence-electron chi connectivity index (χ1n) is 9.77. The van der Waals surface area contributed by atoms with Gasteiger partial charge in [0.05, 0.1) is 17.3 Å². The van der Waals surface area contributed by atoms with Gasteiger partial charge < -0.3 is 5.11 Å². The van der Waals surface area contributed by atoms with Crippen LogP contribution in [0.15, 0.2) is 47.3 Å². The summed E-state index contributed by atoms with van der Waals surface area (Å²) in [6.07, 6.45) is 1.83. The Hall–Kier alpha value is -3.02. The molecule has 0 aliphatic rings. The molecule has 1 atom stereocenters. The van der Waals surface area contributed by atoms with Crippen molar-refractivity contribution in [1.82, 2.24) is 9.55 Å². The number of aromatic hydroxyl groups is 1. The molecule has 0 saturated carbocycles. The van der Waals surface area contributed by atoms with Crippen LogP contribution in [-0.2, 0) is 12.8 Å². The Balaban J connectivity index is 2.38. The van der Waals surface area contributed by atoms with Gasteiger partial charge in [-0.1, -0.05) is 44.5 Å². The second kappa shape index (κ2) is 8.55. The van der Waals surface area contributed by atoms with Gasteiger partial charge in [-0.05, 0) is 38.0 Å². The SMILES string of the molecule is CCCc1nc(-c2cccc(F)c2O)n(C(C)c2ccccc2F)c(=O)c1CC. The van der Waals surface area contributed by atoms with E-state index in [0.717, 1.165) is 12.5 Å². The monoisotopic (exact) mass is 398 g/mol. The average molecular weight is 398 g/mol. The molecule has 0 bridgehead atoms. The van der Waals surface area contributed by atoms with E-state index in [9.17, 15) is 18.7 Å². The summed E-state index contributed by atoms with van der Waals surface area (Å²) in [6.45, 7) is 5.54. The number of phenols is 1. The van der Waals surface area contributed by atoms with Crippen LogP contribution in [0.3, 0.4) is 0 Å². The maximum atomic E-state index is 14.5. The number of hydrogen-bond donors (Lipinski definition) is 1. The zero-order chi connectivity index (χ0) is 21.1. The third-order valence-electron chi connectivity index (χ3n) is 5.11. The molecule has 0 radical (unpaired) electrons. The topological polar surface area (TPSA) is 55.1 Å². The van der Waals surface area contributed by atoms with Gasteiger partial charge in [0.15, 0.2) is 11.6 Å². The number of para-hydroxylation sites is 1. The molecule has 1 heterocycles. The summed E-state index contributed by atoms with van der Waals surface area (Å²) in [4.78, 5) is 18.1. The van der Waals surface area contributed by atoms with Crippen LogP contribution in [0.5, 0.6) is 5.75 Å². The van der Waals surface area contributed by atoms with E-state index in [0.29, 0.717) is 29.7 Å². The molecule has 0 amide bonds. The van der Waals surface area contributed by atoms with Crippen LogP contribution < -0.4 is 5.56 Å². The Kier molecular flexibility index (Phi) is 6.11.